The minimum atomic E-state index is -4.90. The van der Waals surface area contributed by atoms with Crippen LogP contribution in [0.4, 0.5) is 17.6 Å². The fourth-order valence-electron chi connectivity index (χ4n) is 5.36. The molecule has 0 unspecified atom stereocenters. The van der Waals surface area contributed by atoms with Crippen LogP contribution >= 0.6 is 0 Å². The van der Waals surface area contributed by atoms with Crippen molar-refractivity contribution in [3.05, 3.63) is 70.5 Å². The maximum absolute atomic E-state index is 14.2. The summed E-state index contributed by atoms with van der Waals surface area (Å²) in [7, 11) is 0. The first-order valence-corrected chi connectivity index (χ1v) is 12.2. The lowest BCUT2D eigenvalue weighted by molar-refractivity contribution is -0.275. The Bertz CT molecular complexity index is 967. The minimum Gasteiger partial charge on any atom is -0.403 e. The molecular formula is C28H32F4O. The molecule has 1 saturated carbocycles. The Morgan fingerprint density at radius 3 is 2.33 bits per heavy atom. The van der Waals surface area contributed by atoms with Gasteiger partial charge >= 0.3 is 6.36 Å². The summed E-state index contributed by atoms with van der Waals surface area (Å²) in [6, 6.07) is 11.1. The van der Waals surface area contributed by atoms with Crippen molar-refractivity contribution >= 4 is 5.57 Å². The van der Waals surface area contributed by atoms with Gasteiger partial charge in [-0.05, 0) is 90.3 Å². The zero-order valence-corrected chi connectivity index (χ0v) is 19.2. The number of unbranched alkanes of at least 4 members (excludes halogenated alkanes) is 2. The van der Waals surface area contributed by atoms with E-state index < -0.39 is 17.9 Å². The molecule has 5 heteroatoms. The number of hydrogen-bond acceptors (Lipinski definition) is 1. The Kier molecular flexibility index (Phi) is 7.45. The van der Waals surface area contributed by atoms with Gasteiger partial charge in [-0.25, -0.2) is 4.39 Å². The van der Waals surface area contributed by atoms with Gasteiger partial charge in [-0.15, -0.1) is 13.2 Å². The molecule has 0 aromatic heterocycles. The van der Waals surface area contributed by atoms with Gasteiger partial charge in [0.05, 0.1) is 0 Å². The summed E-state index contributed by atoms with van der Waals surface area (Å²) >= 11 is 0. The lowest BCUT2D eigenvalue weighted by atomic mass is 9.76. The second-order valence-corrected chi connectivity index (χ2v) is 9.54. The summed E-state index contributed by atoms with van der Waals surface area (Å²) in [5, 5.41) is 0. The number of halogens is 4. The molecule has 2 aromatic rings. The van der Waals surface area contributed by atoms with E-state index in [1.54, 1.807) is 0 Å². The Labute approximate surface area is 193 Å². The third kappa shape index (κ3) is 6.18. The summed E-state index contributed by atoms with van der Waals surface area (Å²) in [6.07, 6.45) is 8.61. The van der Waals surface area contributed by atoms with E-state index in [0.717, 1.165) is 17.1 Å². The highest BCUT2D eigenvalue weighted by Gasteiger charge is 2.33. The molecule has 0 aliphatic heterocycles. The number of rotatable bonds is 7. The molecule has 33 heavy (non-hydrogen) atoms. The van der Waals surface area contributed by atoms with Crippen LogP contribution in [0.5, 0.6) is 5.75 Å². The topological polar surface area (TPSA) is 9.23 Å². The van der Waals surface area contributed by atoms with Gasteiger partial charge in [0.15, 0.2) is 11.6 Å². The molecule has 0 radical (unpaired) electrons. The van der Waals surface area contributed by atoms with E-state index in [-0.39, 0.29) is 0 Å². The first-order valence-electron chi connectivity index (χ1n) is 12.2. The summed E-state index contributed by atoms with van der Waals surface area (Å²) in [5.41, 5.74) is 4.95. The van der Waals surface area contributed by atoms with E-state index in [4.69, 9.17) is 0 Å². The maximum Gasteiger partial charge on any atom is 0.573 e. The zero-order chi connectivity index (χ0) is 23.4. The average molecular weight is 461 g/mol. The van der Waals surface area contributed by atoms with Gasteiger partial charge in [0.25, 0.3) is 0 Å². The van der Waals surface area contributed by atoms with Gasteiger partial charge in [-0.3, -0.25) is 0 Å². The van der Waals surface area contributed by atoms with Crippen LogP contribution in [0.15, 0.2) is 42.5 Å². The third-order valence-electron chi connectivity index (χ3n) is 7.24. The van der Waals surface area contributed by atoms with Crippen molar-refractivity contribution in [1.82, 2.24) is 0 Å². The van der Waals surface area contributed by atoms with Crippen LogP contribution in [-0.2, 0) is 12.8 Å². The van der Waals surface area contributed by atoms with E-state index in [1.807, 2.05) is 6.08 Å². The normalized spacial score (nSPS) is 20.8. The van der Waals surface area contributed by atoms with Gasteiger partial charge in [-0.1, -0.05) is 62.9 Å². The fraction of sp³-hybridized carbons (Fsp3) is 0.500. The van der Waals surface area contributed by atoms with Crippen LogP contribution in [0, 0.1) is 11.7 Å². The lowest BCUT2D eigenvalue weighted by Gasteiger charge is -2.29. The van der Waals surface area contributed by atoms with Crippen LogP contribution in [0.3, 0.4) is 0 Å². The Balaban J connectivity index is 1.37. The summed E-state index contributed by atoms with van der Waals surface area (Å²) in [5.74, 6) is -0.221. The van der Waals surface area contributed by atoms with Crippen molar-refractivity contribution in [2.24, 2.45) is 5.92 Å². The van der Waals surface area contributed by atoms with E-state index >= 15 is 0 Å². The predicted molar refractivity (Wildman–Crippen MR) is 124 cm³/mol. The van der Waals surface area contributed by atoms with Crippen LogP contribution < -0.4 is 4.74 Å². The first kappa shape index (κ1) is 23.8. The summed E-state index contributed by atoms with van der Waals surface area (Å²) in [6.45, 7) is 2.25. The van der Waals surface area contributed by atoms with E-state index in [2.05, 4.69) is 35.9 Å². The van der Waals surface area contributed by atoms with E-state index in [9.17, 15) is 17.6 Å². The van der Waals surface area contributed by atoms with Gasteiger partial charge in [0.2, 0.25) is 0 Å². The maximum atomic E-state index is 14.2. The molecule has 2 aliphatic carbocycles. The number of hydrogen-bond donors (Lipinski definition) is 0. The molecular weight excluding hydrogens is 428 g/mol. The molecule has 1 nitrogen and oxygen atoms in total. The van der Waals surface area contributed by atoms with Crippen molar-refractivity contribution < 1.29 is 22.3 Å². The molecule has 0 spiro atoms. The highest BCUT2D eigenvalue weighted by Crippen LogP contribution is 2.39. The van der Waals surface area contributed by atoms with Gasteiger partial charge < -0.3 is 4.74 Å². The van der Waals surface area contributed by atoms with Crippen LogP contribution in [-0.4, -0.2) is 6.36 Å². The molecule has 2 aliphatic rings. The molecule has 0 atom stereocenters. The number of alkyl halides is 3. The summed E-state index contributed by atoms with van der Waals surface area (Å²) in [4.78, 5) is 0. The van der Waals surface area contributed by atoms with Crippen molar-refractivity contribution in [1.29, 1.82) is 0 Å². The second-order valence-electron chi connectivity index (χ2n) is 9.54. The van der Waals surface area contributed by atoms with E-state index in [0.29, 0.717) is 29.9 Å². The molecule has 1 fully saturated rings. The van der Waals surface area contributed by atoms with Crippen molar-refractivity contribution in [3.63, 3.8) is 0 Å². The van der Waals surface area contributed by atoms with E-state index in [1.165, 1.54) is 69.1 Å². The standard InChI is InChI=1S/C28H32F4O/c1-2-3-4-5-19-6-8-20(9-7-19)21-10-12-22(13-11-21)23-14-15-24-18-27(33-28(30,31)32)26(29)17-25(24)16-23/h10-14,17-20H,2-9,15-16H2,1H3. The van der Waals surface area contributed by atoms with Crippen LogP contribution in [0.25, 0.3) is 5.57 Å². The Morgan fingerprint density at radius 2 is 1.67 bits per heavy atom. The zero-order valence-electron chi connectivity index (χ0n) is 19.2. The SMILES string of the molecule is CCCCCC1CCC(c2ccc(C3=CCc4cc(OC(F)(F)F)c(F)cc4C3)cc2)CC1. The van der Waals surface area contributed by atoms with Crippen molar-refractivity contribution in [2.75, 3.05) is 0 Å². The number of ether oxygens (including phenoxy) is 1. The largest absolute Gasteiger partial charge is 0.573 e. The molecule has 2 aromatic carbocycles. The predicted octanol–water partition coefficient (Wildman–Crippen LogP) is 8.76. The molecule has 4 rings (SSSR count). The van der Waals surface area contributed by atoms with Crippen molar-refractivity contribution in [2.45, 2.75) is 83.4 Å². The average Bonchev–Trinajstić information content (AvgIpc) is 2.79. The smallest absolute Gasteiger partial charge is 0.403 e. The number of benzene rings is 2. The Morgan fingerprint density at radius 1 is 0.939 bits per heavy atom. The Hall–Kier alpha value is -2.30. The monoisotopic (exact) mass is 460 g/mol. The number of allylic oxidation sites excluding steroid dienone is 2. The fourth-order valence-corrected chi connectivity index (χ4v) is 5.36. The lowest BCUT2D eigenvalue weighted by Crippen LogP contribution is -2.18. The molecule has 0 amide bonds. The van der Waals surface area contributed by atoms with Gasteiger partial charge in [0, 0.05) is 0 Å². The third-order valence-corrected chi connectivity index (χ3v) is 7.24. The molecule has 178 valence electrons. The molecule has 0 bridgehead atoms. The second kappa shape index (κ2) is 10.3. The summed E-state index contributed by atoms with van der Waals surface area (Å²) < 4.78 is 55.4. The van der Waals surface area contributed by atoms with Gasteiger partial charge in [-0.2, -0.15) is 0 Å². The van der Waals surface area contributed by atoms with Crippen LogP contribution in [0.1, 0.15) is 86.5 Å². The van der Waals surface area contributed by atoms with Crippen molar-refractivity contribution in [3.8, 4) is 5.75 Å². The first-order chi connectivity index (χ1) is 15.8. The molecule has 0 heterocycles. The van der Waals surface area contributed by atoms with Crippen LogP contribution in [0.2, 0.25) is 0 Å². The quantitative estimate of drug-likeness (QED) is 0.296. The van der Waals surface area contributed by atoms with Gasteiger partial charge in [0.1, 0.15) is 0 Å². The minimum absolute atomic E-state index is 0.461. The molecule has 0 N–H and O–H groups in total. The molecule has 0 saturated heterocycles. The highest BCUT2D eigenvalue weighted by molar-refractivity contribution is 5.71. The number of fused-ring (bicyclic) bond motifs is 1. The highest BCUT2D eigenvalue weighted by atomic mass is 19.4.